The molecule has 118 valence electrons. The van der Waals surface area contributed by atoms with E-state index in [2.05, 4.69) is 10.6 Å². The van der Waals surface area contributed by atoms with Gasteiger partial charge in [-0.3, -0.25) is 4.79 Å². The summed E-state index contributed by atoms with van der Waals surface area (Å²) in [6.07, 6.45) is 0. The highest BCUT2D eigenvalue weighted by Crippen LogP contribution is 2.16. The number of nitrogens with one attached hydrogen (secondary N) is 2. The fourth-order valence-corrected chi connectivity index (χ4v) is 2.61. The molecule has 0 aliphatic heterocycles. The summed E-state index contributed by atoms with van der Waals surface area (Å²) >= 11 is 5.48. The van der Waals surface area contributed by atoms with E-state index in [1.54, 1.807) is 6.07 Å². The van der Waals surface area contributed by atoms with Crippen LogP contribution in [0.5, 0.6) is 0 Å². The largest absolute Gasteiger partial charge is 0.346 e. The highest BCUT2D eigenvalue weighted by molar-refractivity contribution is 7.81. The summed E-state index contributed by atoms with van der Waals surface area (Å²) in [5, 5.41) is 6.06. The standard InChI is InChI=1S/C20H16N2OS/c23-19(21-15-9-3-1-4-10-15)17-13-7-8-14-18(17)20(24)22-16-11-5-2-6-12-16/h1-14H,(H,21,23)(H,22,24). The number of anilines is 2. The topological polar surface area (TPSA) is 41.1 Å². The highest BCUT2D eigenvalue weighted by atomic mass is 32.1. The molecule has 1 amide bonds. The predicted octanol–water partition coefficient (Wildman–Crippen LogP) is 4.73. The smallest absolute Gasteiger partial charge is 0.256 e. The van der Waals surface area contributed by atoms with Crippen molar-refractivity contribution in [2.24, 2.45) is 0 Å². The van der Waals surface area contributed by atoms with Crippen LogP contribution in [-0.2, 0) is 0 Å². The summed E-state index contributed by atoms with van der Waals surface area (Å²) in [4.78, 5) is 13.1. The van der Waals surface area contributed by atoms with E-state index in [9.17, 15) is 4.79 Å². The zero-order valence-electron chi connectivity index (χ0n) is 12.9. The molecule has 0 aliphatic rings. The van der Waals surface area contributed by atoms with Crippen molar-refractivity contribution >= 4 is 34.5 Å². The molecule has 0 aliphatic carbocycles. The van der Waals surface area contributed by atoms with E-state index in [1.165, 1.54) is 0 Å². The van der Waals surface area contributed by atoms with Crippen molar-refractivity contribution in [2.75, 3.05) is 10.6 Å². The van der Waals surface area contributed by atoms with Crippen LogP contribution >= 0.6 is 12.2 Å². The van der Waals surface area contributed by atoms with Crippen LogP contribution in [0.25, 0.3) is 0 Å². The first kappa shape index (κ1) is 15.9. The fraction of sp³-hybridized carbons (Fsp3) is 0. The Morgan fingerprint density at radius 3 is 1.67 bits per heavy atom. The van der Waals surface area contributed by atoms with Gasteiger partial charge in [-0.05, 0) is 30.3 Å². The minimum Gasteiger partial charge on any atom is -0.346 e. The van der Waals surface area contributed by atoms with Crippen molar-refractivity contribution in [1.29, 1.82) is 0 Å². The lowest BCUT2D eigenvalue weighted by molar-refractivity contribution is 0.102. The molecule has 0 spiro atoms. The van der Waals surface area contributed by atoms with Gasteiger partial charge in [-0.2, -0.15) is 0 Å². The number of amides is 1. The van der Waals surface area contributed by atoms with Gasteiger partial charge in [0.05, 0.1) is 0 Å². The number of hydrogen-bond donors (Lipinski definition) is 2. The van der Waals surface area contributed by atoms with Crippen LogP contribution in [0.3, 0.4) is 0 Å². The fourth-order valence-electron chi connectivity index (χ4n) is 2.32. The molecule has 0 heterocycles. The van der Waals surface area contributed by atoms with E-state index >= 15 is 0 Å². The van der Waals surface area contributed by atoms with Crippen molar-refractivity contribution in [3.8, 4) is 0 Å². The number of hydrogen-bond acceptors (Lipinski definition) is 2. The van der Waals surface area contributed by atoms with Crippen LogP contribution < -0.4 is 10.6 Å². The second kappa shape index (κ2) is 7.53. The highest BCUT2D eigenvalue weighted by Gasteiger charge is 2.14. The number of carbonyl (C=O) groups excluding carboxylic acids is 1. The van der Waals surface area contributed by atoms with Crippen LogP contribution in [0.4, 0.5) is 11.4 Å². The van der Waals surface area contributed by atoms with E-state index in [4.69, 9.17) is 12.2 Å². The molecule has 3 aromatic carbocycles. The lowest BCUT2D eigenvalue weighted by Gasteiger charge is -2.13. The Morgan fingerprint density at radius 1 is 0.625 bits per heavy atom. The summed E-state index contributed by atoms with van der Waals surface area (Å²) in [5.41, 5.74) is 2.87. The summed E-state index contributed by atoms with van der Waals surface area (Å²) in [5.74, 6) is -0.186. The molecular weight excluding hydrogens is 316 g/mol. The average Bonchev–Trinajstić information content (AvgIpc) is 2.63. The van der Waals surface area contributed by atoms with Gasteiger partial charge in [-0.1, -0.05) is 66.8 Å². The number of para-hydroxylation sites is 2. The van der Waals surface area contributed by atoms with Crippen molar-refractivity contribution < 1.29 is 4.79 Å². The van der Waals surface area contributed by atoms with Gasteiger partial charge < -0.3 is 10.6 Å². The molecule has 0 saturated heterocycles. The summed E-state index contributed by atoms with van der Waals surface area (Å²) < 4.78 is 0. The monoisotopic (exact) mass is 332 g/mol. The maximum atomic E-state index is 12.6. The summed E-state index contributed by atoms with van der Waals surface area (Å²) in [6.45, 7) is 0. The normalized spacial score (nSPS) is 10.0. The van der Waals surface area contributed by atoms with Gasteiger partial charge in [0.1, 0.15) is 4.99 Å². The van der Waals surface area contributed by atoms with E-state index < -0.39 is 0 Å². The first-order valence-electron chi connectivity index (χ1n) is 7.56. The lowest BCUT2D eigenvalue weighted by Crippen LogP contribution is -2.19. The van der Waals surface area contributed by atoms with Crippen molar-refractivity contribution in [2.45, 2.75) is 0 Å². The van der Waals surface area contributed by atoms with Crippen LogP contribution in [0.15, 0.2) is 84.9 Å². The molecule has 0 fully saturated rings. The van der Waals surface area contributed by atoms with Gasteiger partial charge in [0.15, 0.2) is 0 Å². The molecule has 0 saturated carbocycles. The number of rotatable bonds is 4. The van der Waals surface area contributed by atoms with Crippen LogP contribution in [0, 0.1) is 0 Å². The quantitative estimate of drug-likeness (QED) is 0.679. The van der Waals surface area contributed by atoms with Gasteiger partial charge >= 0.3 is 0 Å². The lowest BCUT2D eigenvalue weighted by atomic mass is 10.1. The molecule has 2 N–H and O–H groups in total. The second-order valence-corrected chi connectivity index (χ2v) is 5.59. The predicted molar refractivity (Wildman–Crippen MR) is 103 cm³/mol. The van der Waals surface area contributed by atoms with Gasteiger partial charge in [-0.15, -0.1) is 0 Å². The molecule has 4 heteroatoms. The third-order valence-corrected chi connectivity index (χ3v) is 3.80. The maximum Gasteiger partial charge on any atom is 0.256 e. The Morgan fingerprint density at radius 2 is 1.08 bits per heavy atom. The summed E-state index contributed by atoms with van der Waals surface area (Å²) in [6, 6.07) is 26.3. The average molecular weight is 332 g/mol. The van der Waals surface area contributed by atoms with Gasteiger partial charge in [-0.25, -0.2) is 0 Å². The molecule has 0 radical (unpaired) electrons. The molecule has 0 atom stereocenters. The number of benzene rings is 3. The Bertz CT molecular complexity index is 775. The first-order chi connectivity index (χ1) is 11.7. The van der Waals surface area contributed by atoms with Crippen LogP contribution in [-0.4, -0.2) is 10.9 Å². The van der Waals surface area contributed by atoms with Crippen molar-refractivity contribution in [3.05, 3.63) is 96.1 Å². The third kappa shape index (κ3) is 3.86. The second-order valence-electron chi connectivity index (χ2n) is 5.19. The zero-order valence-corrected chi connectivity index (χ0v) is 13.7. The van der Waals surface area contributed by atoms with Gasteiger partial charge in [0.25, 0.3) is 5.91 Å². The zero-order chi connectivity index (χ0) is 16.8. The molecule has 3 aromatic rings. The Kier molecular flexibility index (Phi) is 4.99. The Balaban J connectivity index is 1.82. The number of carbonyl (C=O) groups is 1. The van der Waals surface area contributed by atoms with Crippen LogP contribution in [0.2, 0.25) is 0 Å². The van der Waals surface area contributed by atoms with Crippen molar-refractivity contribution in [1.82, 2.24) is 0 Å². The Labute approximate surface area is 146 Å². The molecule has 0 aromatic heterocycles. The summed E-state index contributed by atoms with van der Waals surface area (Å²) in [7, 11) is 0. The van der Waals surface area contributed by atoms with Gasteiger partial charge in [0.2, 0.25) is 0 Å². The van der Waals surface area contributed by atoms with E-state index in [0.717, 1.165) is 11.4 Å². The van der Waals surface area contributed by atoms with E-state index in [-0.39, 0.29) is 5.91 Å². The molecule has 24 heavy (non-hydrogen) atoms. The van der Waals surface area contributed by atoms with Gasteiger partial charge in [0, 0.05) is 22.5 Å². The Hall–Kier alpha value is -2.98. The maximum absolute atomic E-state index is 12.6. The van der Waals surface area contributed by atoms with E-state index in [1.807, 2.05) is 78.9 Å². The third-order valence-electron chi connectivity index (χ3n) is 3.48. The van der Waals surface area contributed by atoms with E-state index in [0.29, 0.717) is 16.1 Å². The number of thiocarbonyl (C=S) groups is 1. The molecular formula is C20H16N2OS. The van der Waals surface area contributed by atoms with Crippen LogP contribution in [0.1, 0.15) is 15.9 Å². The first-order valence-corrected chi connectivity index (χ1v) is 7.97. The molecule has 3 nitrogen and oxygen atoms in total. The SMILES string of the molecule is O=C(Nc1ccccc1)c1ccccc1C(=S)Nc1ccccc1. The minimum atomic E-state index is -0.186. The molecule has 3 rings (SSSR count). The van der Waals surface area contributed by atoms with Crippen molar-refractivity contribution in [3.63, 3.8) is 0 Å². The molecule has 0 bridgehead atoms. The minimum absolute atomic E-state index is 0.186. The molecule has 0 unspecified atom stereocenters.